The van der Waals surface area contributed by atoms with Crippen molar-refractivity contribution in [2.75, 3.05) is 0 Å². The number of nitrogens with zero attached hydrogens (tertiary/aromatic N) is 1. The van der Waals surface area contributed by atoms with Gasteiger partial charge in [0.2, 0.25) is 0 Å². The average molecular weight is 262 g/mol. The molecule has 0 atom stereocenters. The Morgan fingerprint density at radius 2 is 1.44 bits per heavy atom. The second-order valence-corrected chi connectivity index (χ2v) is 5.49. The first-order valence-electron chi connectivity index (χ1n) is 6.09. The summed E-state index contributed by atoms with van der Waals surface area (Å²) < 4.78 is 2.21. The van der Waals surface area contributed by atoms with Gasteiger partial charge in [-0.15, -0.1) is 0 Å². The number of halogens is 1. The maximum absolute atomic E-state index is 2.24. The minimum atomic E-state index is 0. The molecule has 0 spiro atoms. The van der Waals surface area contributed by atoms with Gasteiger partial charge in [0.1, 0.15) is 0 Å². The normalized spacial score (nSPS) is 10.8. The van der Waals surface area contributed by atoms with Crippen LogP contribution in [0.15, 0.2) is 54.9 Å². The quantitative estimate of drug-likeness (QED) is 0.686. The zero-order valence-electron chi connectivity index (χ0n) is 11.2. The lowest BCUT2D eigenvalue weighted by molar-refractivity contribution is -0.688. The van der Waals surface area contributed by atoms with E-state index in [4.69, 9.17) is 0 Å². The number of rotatable bonds is 2. The van der Waals surface area contributed by atoms with E-state index in [1.165, 1.54) is 11.1 Å². The smallest absolute Gasteiger partial charge is 0.173 e. The number of aromatic nitrogens is 1. The number of pyridine rings is 1. The number of hydrogen-bond acceptors (Lipinski definition) is 0. The van der Waals surface area contributed by atoms with E-state index in [1.54, 1.807) is 0 Å². The van der Waals surface area contributed by atoms with Gasteiger partial charge in [0, 0.05) is 17.7 Å². The van der Waals surface area contributed by atoms with Crippen LogP contribution in [0.1, 0.15) is 31.9 Å². The fraction of sp³-hybridized carbons (Fsp3) is 0.312. The Balaban J connectivity index is 0.00000162. The third kappa shape index (κ3) is 3.85. The van der Waals surface area contributed by atoms with Crippen LogP contribution in [0.2, 0.25) is 0 Å². The van der Waals surface area contributed by atoms with Crippen LogP contribution in [0, 0.1) is 0 Å². The SMILES string of the molecule is CC(C)(C)c1cc[n+](Cc2ccccc2)cc1.[Cl-]. The fourth-order valence-corrected chi connectivity index (χ4v) is 1.86. The highest BCUT2D eigenvalue weighted by Gasteiger charge is 2.14. The maximum Gasteiger partial charge on any atom is 0.173 e. The fourth-order valence-electron chi connectivity index (χ4n) is 1.86. The molecule has 0 N–H and O–H groups in total. The third-order valence-corrected chi connectivity index (χ3v) is 2.97. The van der Waals surface area contributed by atoms with Crippen LogP contribution in [0.3, 0.4) is 0 Å². The topological polar surface area (TPSA) is 3.88 Å². The molecule has 0 aliphatic carbocycles. The molecule has 2 heteroatoms. The van der Waals surface area contributed by atoms with Crippen molar-refractivity contribution >= 4 is 0 Å². The Labute approximate surface area is 116 Å². The van der Waals surface area contributed by atoms with Crippen molar-refractivity contribution in [3.63, 3.8) is 0 Å². The molecule has 0 bridgehead atoms. The summed E-state index contributed by atoms with van der Waals surface area (Å²) in [6.07, 6.45) is 4.32. The number of benzene rings is 1. The largest absolute Gasteiger partial charge is 1.00 e. The van der Waals surface area contributed by atoms with Crippen molar-refractivity contribution in [1.29, 1.82) is 0 Å². The molecule has 0 unspecified atom stereocenters. The van der Waals surface area contributed by atoms with Crippen LogP contribution in [0.25, 0.3) is 0 Å². The van der Waals surface area contributed by atoms with E-state index >= 15 is 0 Å². The highest BCUT2D eigenvalue weighted by atomic mass is 35.5. The van der Waals surface area contributed by atoms with E-state index < -0.39 is 0 Å². The molecule has 2 rings (SSSR count). The van der Waals surface area contributed by atoms with Crippen LogP contribution < -0.4 is 17.0 Å². The lowest BCUT2D eigenvalue weighted by Crippen LogP contribution is -3.00. The molecule has 0 fully saturated rings. The first kappa shape index (κ1) is 14.7. The van der Waals surface area contributed by atoms with E-state index in [2.05, 4.69) is 80.2 Å². The van der Waals surface area contributed by atoms with Crippen molar-refractivity contribution in [3.05, 3.63) is 66.0 Å². The van der Waals surface area contributed by atoms with Gasteiger partial charge in [0.25, 0.3) is 0 Å². The molecule has 0 aliphatic heterocycles. The second-order valence-electron chi connectivity index (χ2n) is 5.49. The first-order valence-corrected chi connectivity index (χ1v) is 6.09. The van der Waals surface area contributed by atoms with Crippen LogP contribution in [-0.2, 0) is 12.0 Å². The highest BCUT2D eigenvalue weighted by Crippen LogP contribution is 2.20. The van der Waals surface area contributed by atoms with E-state index in [0.29, 0.717) is 0 Å². The molecule has 1 nitrogen and oxygen atoms in total. The molecule has 0 amide bonds. The summed E-state index contributed by atoms with van der Waals surface area (Å²) in [5.41, 5.74) is 2.94. The number of hydrogen-bond donors (Lipinski definition) is 0. The van der Waals surface area contributed by atoms with Crippen LogP contribution in [0.5, 0.6) is 0 Å². The summed E-state index contributed by atoms with van der Waals surface area (Å²) in [4.78, 5) is 0. The van der Waals surface area contributed by atoms with Gasteiger partial charge in [0.15, 0.2) is 18.9 Å². The molecule has 1 aromatic heterocycles. The standard InChI is InChI=1S/C16H20N.ClH/c1-16(2,3)15-9-11-17(12-10-15)13-14-7-5-4-6-8-14;/h4-12H,13H2,1-3H3;1H/q+1;/p-1. The van der Waals surface area contributed by atoms with Gasteiger partial charge in [-0.25, -0.2) is 4.57 Å². The Bertz CT molecular complexity index is 469. The molecule has 0 saturated heterocycles. The van der Waals surface area contributed by atoms with Gasteiger partial charge in [-0.2, -0.15) is 0 Å². The zero-order chi connectivity index (χ0) is 12.3. The molecule has 2 aromatic rings. The van der Waals surface area contributed by atoms with E-state index in [9.17, 15) is 0 Å². The minimum Gasteiger partial charge on any atom is -1.00 e. The molecular formula is C16H20ClN. The summed E-state index contributed by atoms with van der Waals surface area (Å²) in [5, 5.41) is 0. The highest BCUT2D eigenvalue weighted by molar-refractivity contribution is 5.18. The summed E-state index contributed by atoms with van der Waals surface area (Å²) in [5.74, 6) is 0. The molecule has 0 radical (unpaired) electrons. The lowest BCUT2D eigenvalue weighted by atomic mass is 9.88. The third-order valence-electron chi connectivity index (χ3n) is 2.97. The van der Waals surface area contributed by atoms with Gasteiger partial charge in [0.05, 0.1) is 0 Å². The maximum atomic E-state index is 2.24. The van der Waals surface area contributed by atoms with Gasteiger partial charge in [-0.3, -0.25) is 0 Å². The van der Waals surface area contributed by atoms with Crippen LogP contribution in [0.4, 0.5) is 0 Å². The summed E-state index contributed by atoms with van der Waals surface area (Å²) >= 11 is 0. The van der Waals surface area contributed by atoms with E-state index in [-0.39, 0.29) is 17.8 Å². The first-order chi connectivity index (χ1) is 8.05. The molecule has 18 heavy (non-hydrogen) atoms. The molecule has 96 valence electrons. The molecule has 0 saturated carbocycles. The Morgan fingerprint density at radius 3 is 1.94 bits per heavy atom. The average Bonchev–Trinajstić information content (AvgIpc) is 2.30. The molecule has 0 aliphatic rings. The van der Waals surface area contributed by atoms with E-state index in [1.807, 2.05) is 0 Å². The minimum absolute atomic E-state index is 0. The molecular weight excluding hydrogens is 242 g/mol. The van der Waals surface area contributed by atoms with Crippen molar-refractivity contribution in [3.8, 4) is 0 Å². The van der Waals surface area contributed by atoms with Gasteiger partial charge in [-0.1, -0.05) is 51.1 Å². The van der Waals surface area contributed by atoms with Crippen molar-refractivity contribution < 1.29 is 17.0 Å². The van der Waals surface area contributed by atoms with Gasteiger partial charge < -0.3 is 12.4 Å². The predicted molar refractivity (Wildman–Crippen MR) is 70.9 cm³/mol. The predicted octanol–water partition coefficient (Wildman–Crippen LogP) is 0.324. The van der Waals surface area contributed by atoms with E-state index in [0.717, 1.165) is 6.54 Å². The monoisotopic (exact) mass is 261 g/mol. The Morgan fingerprint density at radius 1 is 0.889 bits per heavy atom. The van der Waals surface area contributed by atoms with Crippen molar-refractivity contribution in [2.45, 2.75) is 32.7 Å². The van der Waals surface area contributed by atoms with Crippen LogP contribution >= 0.6 is 0 Å². The Hall–Kier alpha value is -1.34. The molecule has 1 aromatic carbocycles. The second kappa shape index (κ2) is 6.01. The van der Waals surface area contributed by atoms with Gasteiger partial charge in [-0.05, 0) is 11.0 Å². The van der Waals surface area contributed by atoms with Crippen molar-refractivity contribution in [1.82, 2.24) is 0 Å². The molecule has 1 heterocycles. The lowest BCUT2D eigenvalue weighted by Gasteiger charge is -2.17. The van der Waals surface area contributed by atoms with Crippen LogP contribution in [-0.4, -0.2) is 0 Å². The summed E-state index contributed by atoms with van der Waals surface area (Å²) in [7, 11) is 0. The Kier molecular flexibility index (Phi) is 4.92. The zero-order valence-corrected chi connectivity index (χ0v) is 12.0. The van der Waals surface area contributed by atoms with Crippen molar-refractivity contribution in [2.24, 2.45) is 0 Å². The summed E-state index contributed by atoms with van der Waals surface area (Å²) in [6, 6.07) is 15.0. The van der Waals surface area contributed by atoms with Gasteiger partial charge >= 0.3 is 0 Å². The summed E-state index contributed by atoms with van der Waals surface area (Å²) in [6.45, 7) is 7.66.